The van der Waals surface area contributed by atoms with E-state index in [4.69, 9.17) is 9.52 Å². The largest absolute Gasteiger partial charge is 0.459 e. The number of carbonyl (C=O) groups excluding carboxylic acids is 2. The van der Waals surface area contributed by atoms with Crippen LogP contribution < -0.4 is 14.5 Å². The van der Waals surface area contributed by atoms with Crippen molar-refractivity contribution < 1.29 is 27.5 Å². The Kier molecular flexibility index (Phi) is 6.56. The first kappa shape index (κ1) is 23.7. The molecule has 1 aromatic heterocycles. The Bertz CT molecular complexity index is 1300. The zero-order valence-corrected chi connectivity index (χ0v) is 19.6. The van der Waals surface area contributed by atoms with Crippen LogP contribution in [0.4, 0.5) is 11.4 Å². The topological polar surface area (TPSA) is 120 Å². The molecular formula is C24H25N3O6S. The van der Waals surface area contributed by atoms with E-state index >= 15 is 0 Å². The van der Waals surface area contributed by atoms with Gasteiger partial charge in [-0.15, -0.1) is 0 Å². The molecule has 0 unspecified atom stereocenters. The summed E-state index contributed by atoms with van der Waals surface area (Å²) in [6, 6.07) is 14.7. The number of aliphatic hydroxyl groups excluding tert-OH is 1. The highest BCUT2D eigenvalue weighted by molar-refractivity contribution is 7.89. The summed E-state index contributed by atoms with van der Waals surface area (Å²) in [5.74, 6) is -0.240. The molecule has 2 N–H and O–H groups in total. The maximum atomic E-state index is 13.2. The molecular weight excluding hydrogens is 458 g/mol. The van der Waals surface area contributed by atoms with Crippen LogP contribution in [0.5, 0.6) is 0 Å². The molecule has 0 saturated carbocycles. The summed E-state index contributed by atoms with van der Waals surface area (Å²) in [5, 5.41) is 8.87. The molecule has 1 atom stereocenters. The van der Waals surface area contributed by atoms with E-state index in [-0.39, 0.29) is 41.7 Å². The molecule has 2 aromatic carbocycles. The van der Waals surface area contributed by atoms with Gasteiger partial charge in [0, 0.05) is 20.0 Å². The number of nitrogens with zero attached hydrogens (tertiary/aromatic N) is 2. The van der Waals surface area contributed by atoms with Crippen molar-refractivity contribution in [3.8, 4) is 11.1 Å². The second kappa shape index (κ2) is 9.41. The minimum atomic E-state index is -3.72. The van der Waals surface area contributed by atoms with Crippen LogP contribution in [0.3, 0.4) is 0 Å². The smallest absolute Gasteiger partial charge is 0.294 e. The Morgan fingerprint density at radius 3 is 2.41 bits per heavy atom. The summed E-state index contributed by atoms with van der Waals surface area (Å²) < 4.78 is 32.2. The number of benzene rings is 2. The molecule has 0 radical (unpaired) electrons. The van der Waals surface area contributed by atoms with E-state index < -0.39 is 10.0 Å². The zero-order valence-electron chi connectivity index (χ0n) is 18.8. The quantitative estimate of drug-likeness (QED) is 0.556. The monoisotopic (exact) mass is 483 g/mol. The number of carbonyl (C=O) groups is 2. The van der Waals surface area contributed by atoms with Crippen molar-refractivity contribution in [2.45, 2.75) is 24.8 Å². The van der Waals surface area contributed by atoms with Gasteiger partial charge < -0.3 is 19.3 Å². The Labute approximate surface area is 197 Å². The number of nitrogens with one attached hydrogen (secondary N) is 1. The summed E-state index contributed by atoms with van der Waals surface area (Å²) >= 11 is 0. The standard InChI is InChI=1S/C24H25N3O6S/c1-16-15-26(24(30)23-4-3-13-33-23)22-14-19(7-10-21(22)27(16)17(2)29)18-5-8-20(9-6-18)34(31,32)25-11-12-28/h3-10,13-14,16,25,28H,11-12,15H2,1-2H3/t16-/m0/s1. The molecule has 3 aromatic rings. The normalized spacial score (nSPS) is 15.8. The number of anilines is 2. The van der Waals surface area contributed by atoms with Gasteiger partial charge in [0.25, 0.3) is 5.91 Å². The van der Waals surface area contributed by atoms with Gasteiger partial charge in [0.1, 0.15) is 0 Å². The van der Waals surface area contributed by atoms with Crippen LogP contribution in [0.25, 0.3) is 11.1 Å². The van der Waals surface area contributed by atoms with E-state index in [1.165, 1.54) is 25.3 Å². The number of fused-ring (bicyclic) bond motifs is 1. The molecule has 0 fully saturated rings. The Morgan fingerprint density at radius 1 is 1.09 bits per heavy atom. The predicted molar refractivity (Wildman–Crippen MR) is 127 cm³/mol. The third-order valence-electron chi connectivity index (χ3n) is 5.63. The van der Waals surface area contributed by atoms with E-state index in [2.05, 4.69) is 4.72 Å². The van der Waals surface area contributed by atoms with Crippen LogP contribution in [0, 0.1) is 0 Å². The molecule has 1 aliphatic heterocycles. The average Bonchev–Trinajstić information content (AvgIpc) is 3.36. The maximum Gasteiger partial charge on any atom is 0.294 e. The molecule has 2 amide bonds. The van der Waals surface area contributed by atoms with Gasteiger partial charge in [-0.1, -0.05) is 18.2 Å². The molecule has 0 aliphatic carbocycles. The fourth-order valence-electron chi connectivity index (χ4n) is 4.10. The van der Waals surface area contributed by atoms with E-state index in [1.807, 2.05) is 19.1 Å². The molecule has 9 nitrogen and oxygen atoms in total. The van der Waals surface area contributed by atoms with Crippen LogP contribution in [-0.4, -0.2) is 51.1 Å². The molecule has 34 heavy (non-hydrogen) atoms. The van der Waals surface area contributed by atoms with E-state index in [0.717, 1.165) is 11.1 Å². The lowest BCUT2D eigenvalue weighted by molar-refractivity contribution is -0.117. The van der Waals surface area contributed by atoms with Gasteiger partial charge in [-0.05, 0) is 54.4 Å². The van der Waals surface area contributed by atoms with Crippen molar-refractivity contribution >= 4 is 33.2 Å². The molecule has 1 aliphatic rings. The summed E-state index contributed by atoms with van der Waals surface area (Å²) in [4.78, 5) is 28.9. The zero-order chi connectivity index (χ0) is 24.5. The summed E-state index contributed by atoms with van der Waals surface area (Å²) in [7, 11) is -3.72. The highest BCUT2D eigenvalue weighted by Crippen LogP contribution is 2.39. The predicted octanol–water partition coefficient (Wildman–Crippen LogP) is 2.62. The van der Waals surface area contributed by atoms with Crippen molar-refractivity contribution in [1.29, 1.82) is 0 Å². The lowest BCUT2D eigenvalue weighted by Gasteiger charge is -2.40. The number of sulfonamides is 1. The maximum absolute atomic E-state index is 13.2. The lowest BCUT2D eigenvalue weighted by atomic mass is 10.0. The molecule has 0 bridgehead atoms. The van der Waals surface area contributed by atoms with Crippen molar-refractivity contribution in [2.75, 3.05) is 29.5 Å². The number of aliphatic hydroxyl groups is 1. The first-order valence-corrected chi connectivity index (χ1v) is 12.2. The molecule has 178 valence electrons. The Balaban J connectivity index is 1.74. The molecule has 10 heteroatoms. The van der Waals surface area contributed by atoms with Crippen LogP contribution >= 0.6 is 0 Å². The summed E-state index contributed by atoms with van der Waals surface area (Å²) in [6.07, 6.45) is 1.44. The minimum absolute atomic E-state index is 0.0699. The van der Waals surface area contributed by atoms with Gasteiger partial charge >= 0.3 is 0 Å². The van der Waals surface area contributed by atoms with Crippen molar-refractivity contribution in [2.24, 2.45) is 0 Å². The summed E-state index contributed by atoms with van der Waals surface area (Å²) in [6.45, 7) is 3.30. The van der Waals surface area contributed by atoms with Crippen LogP contribution in [-0.2, 0) is 14.8 Å². The van der Waals surface area contributed by atoms with Crippen LogP contribution in [0.1, 0.15) is 24.4 Å². The number of amides is 2. The lowest BCUT2D eigenvalue weighted by Crippen LogP contribution is -2.51. The fraction of sp³-hybridized carbons (Fsp3) is 0.250. The van der Waals surface area contributed by atoms with Crippen molar-refractivity contribution in [3.63, 3.8) is 0 Å². The molecule has 0 saturated heterocycles. The van der Waals surface area contributed by atoms with E-state index in [1.54, 1.807) is 40.1 Å². The van der Waals surface area contributed by atoms with E-state index in [9.17, 15) is 18.0 Å². The fourth-order valence-corrected chi connectivity index (χ4v) is 5.12. The van der Waals surface area contributed by atoms with Gasteiger partial charge in [0.2, 0.25) is 15.9 Å². The third kappa shape index (κ3) is 4.47. The molecule has 4 rings (SSSR count). The van der Waals surface area contributed by atoms with Gasteiger partial charge in [-0.25, -0.2) is 13.1 Å². The van der Waals surface area contributed by atoms with E-state index in [0.29, 0.717) is 17.9 Å². The molecule has 2 heterocycles. The van der Waals surface area contributed by atoms with Crippen molar-refractivity contribution in [1.82, 2.24) is 4.72 Å². The third-order valence-corrected chi connectivity index (χ3v) is 7.11. The minimum Gasteiger partial charge on any atom is -0.459 e. The number of rotatable bonds is 6. The van der Waals surface area contributed by atoms with Gasteiger partial charge in [-0.3, -0.25) is 9.59 Å². The SMILES string of the molecule is CC(=O)N1c2ccc(-c3ccc(S(=O)(=O)NCCO)cc3)cc2N(C(=O)c2ccco2)C[C@@H]1C. The average molecular weight is 484 g/mol. The Hall–Kier alpha value is -3.47. The van der Waals surface area contributed by atoms with Gasteiger partial charge in [0.05, 0.1) is 35.2 Å². The summed E-state index contributed by atoms with van der Waals surface area (Å²) in [5.41, 5.74) is 2.67. The molecule has 0 spiro atoms. The second-order valence-corrected chi connectivity index (χ2v) is 9.75. The Morgan fingerprint density at radius 2 is 1.79 bits per heavy atom. The van der Waals surface area contributed by atoms with Crippen LogP contribution in [0.2, 0.25) is 0 Å². The number of hydrogen-bond acceptors (Lipinski definition) is 6. The first-order chi connectivity index (χ1) is 16.2. The highest BCUT2D eigenvalue weighted by Gasteiger charge is 2.35. The number of hydrogen-bond donors (Lipinski definition) is 2. The van der Waals surface area contributed by atoms with Crippen molar-refractivity contribution in [3.05, 3.63) is 66.6 Å². The van der Waals surface area contributed by atoms with Crippen LogP contribution in [0.15, 0.2) is 70.2 Å². The second-order valence-electron chi connectivity index (χ2n) is 7.98. The number of furan rings is 1. The first-order valence-electron chi connectivity index (χ1n) is 10.7. The van der Waals surface area contributed by atoms with Gasteiger partial charge in [0.15, 0.2) is 5.76 Å². The highest BCUT2D eigenvalue weighted by atomic mass is 32.2. The van der Waals surface area contributed by atoms with Gasteiger partial charge in [-0.2, -0.15) is 0 Å².